The summed E-state index contributed by atoms with van der Waals surface area (Å²) in [4.78, 5) is 4.73. The average Bonchev–Trinajstić information content (AvgIpc) is 3.13. The van der Waals surface area contributed by atoms with E-state index in [4.69, 9.17) is 9.73 Å². The van der Waals surface area contributed by atoms with E-state index >= 15 is 0 Å². The summed E-state index contributed by atoms with van der Waals surface area (Å²) < 4.78 is 5.80. The van der Waals surface area contributed by atoms with Crippen molar-refractivity contribution in [1.82, 2.24) is 0 Å². The Balaban J connectivity index is 1.56. The van der Waals surface area contributed by atoms with Crippen molar-refractivity contribution in [2.45, 2.75) is 71.3 Å². The van der Waals surface area contributed by atoms with Crippen LogP contribution in [0.25, 0.3) is 0 Å². The quantitative estimate of drug-likeness (QED) is 0.572. The molecule has 0 unspecified atom stereocenters. The number of unbranched alkanes of at least 4 members (excludes halogenated alkanes) is 1. The van der Waals surface area contributed by atoms with Gasteiger partial charge in [-0.05, 0) is 67.6 Å². The van der Waals surface area contributed by atoms with E-state index < -0.39 is 0 Å². The molecule has 2 nitrogen and oxygen atoms in total. The Labute approximate surface area is 153 Å². The lowest BCUT2D eigenvalue weighted by Crippen LogP contribution is -2.13. The van der Waals surface area contributed by atoms with Crippen LogP contribution >= 0.6 is 0 Å². The van der Waals surface area contributed by atoms with Gasteiger partial charge in [0.1, 0.15) is 6.61 Å². The van der Waals surface area contributed by atoms with Crippen LogP contribution in [-0.4, -0.2) is 18.5 Å². The third kappa shape index (κ3) is 4.74. The van der Waals surface area contributed by atoms with E-state index in [1.165, 1.54) is 44.1 Å². The molecule has 0 aromatic heterocycles. The zero-order valence-corrected chi connectivity index (χ0v) is 16.1. The maximum atomic E-state index is 5.80. The van der Waals surface area contributed by atoms with E-state index in [0.717, 1.165) is 29.9 Å². The zero-order valence-electron chi connectivity index (χ0n) is 16.1. The van der Waals surface area contributed by atoms with E-state index in [-0.39, 0.29) is 0 Å². The van der Waals surface area contributed by atoms with Crippen LogP contribution in [0, 0.1) is 11.8 Å². The van der Waals surface area contributed by atoms with E-state index in [0.29, 0.717) is 12.0 Å². The minimum atomic E-state index is 0.311. The number of nitrogens with zero attached hydrogens (tertiary/aromatic N) is 1. The van der Waals surface area contributed by atoms with Gasteiger partial charge in [0, 0.05) is 5.56 Å². The number of benzene rings is 1. The Morgan fingerprint density at radius 1 is 1.12 bits per heavy atom. The number of allylic oxidation sites excluding steroid dienone is 2. The maximum absolute atomic E-state index is 5.80. The molecule has 1 aliphatic carbocycles. The summed E-state index contributed by atoms with van der Waals surface area (Å²) in [6.45, 7) is 7.38. The summed E-state index contributed by atoms with van der Waals surface area (Å²) in [5.74, 6) is 2.89. The van der Waals surface area contributed by atoms with Gasteiger partial charge in [-0.3, -0.25) is 0 Å². The molecule has 0 amide bonds. The molecule has 1 saturated carbocycles. The molecule has 1 aromatic carbocycles. The first-order valence-corrected chi connectivity index (χ1v) is 10.1. The fourth-order valence-corrected chi connectivity index (χ4v) is 3.89. The van der Waals surface area contributed by atoms with E-state index in [1.54, 1.807) is 0 Å². The van der Waals surface area contributed by atoms with Crippen LogP contribution in [0.2, 0.25) is 0 Å². The number of ether oxygens (including phenoxy) is 1. The highest BCUT2D eigenvalue weighted by Gasteiger charge is 2.24. The Bertz CT molecular complexity index is 591. The van der Waals surface area contributed by atoms with Crippen LogP contribution in [0.5, 0.6) is 0 Å². The van der Waals surface area contributed by atoms with Crippen molar-refractivity contribution in [3.05, 3.63) is 47.5 Å². The molecular formula is C23H33NO. The molecule has 1 atom stereocenters. The van der Waals surface area contributed by atoms with Gasteiger partial charge < -0.3 is 4.74 Å². The van der Waals surface area contributed by atoms with Crippen molar-refractivity contribution in [2.24, 2.45) is 16.8 Å². The van der Waals surface area contributed by atoms with Crippen LogP contribution in [0.4, 0.5) is 0 Å². The Morgan fingerprint density at radius 2 is 1.84 bits per heavy atom. The second kappa shape index (κ2) is 8.69. The molecule has 0 saturated heterocycles. The highest BCUT2D eigenvalue weighted by atomic mass is 16.5. The minimum absolute atomic E-state index is 0.311. The van der Waals surface area contributed by atoms with Gasteiger partial charge in [-0.25, -0.2) is 4.99 Å². The van der Waals surface area contributed by atoms with Gasteiger partial charge in [-0.15, -0.1) is 0 Å². The maximum Gasteiger partial charge on any atom is 0.216 e. The summed E-state index contributed by atoms with van der Waals surface area (Å²) in [5.41, 5.74) is 2.61. The molecule has 3 rings (SSSR count). The summed E-state index contributed by atoms with van der Waals surface area (Å²) >= 11 is 0. The molecule has 1 heterocycles. The summed E-state index contributed by atoms with van der Waals surface area (Å²) in [6.07, 6.45) is 12.6. The first kappa shape index (κ1) is 18.2. The van der Waals surface area contributed by atoms with Gasteiger partial charge in [-0.1, -0.05) is 51.5 Å². The van der Waals surface area contributed by atoms with E-state index in [2.05, 4.69) is 57.2 Å². The number of hydrogen-bond donors (Lipinski definition) is 0. The largest absolute Gasteiger partial charge is 0.475 e. The Kier molecular flexibility index (Phi) is 6.34. The smallest absolute Gasteiger partial charge is 0.216 e. The van der Waals surface area contributed by atoms with Crippen molar-refractivity contribution in [1.29, 1.82) is 0 Å². The molecule has 0 radical (unpaired) electrons. The topological polar surface area (TPSA) is 21.6 Å². The van der Waals surface area contributed by atoms with Crippen molar-refractivity contribution < 1.29 is 4.74 Å². The Morgan fingerprint density at radius 3 is 2.44 bits per heavy atom. The molecule has 0 bridgehead atoms. The lowest BCUT2D eigenvalue weighted by Gasteiger charge is -2.27. The van der Waals surface area contributed by atoms with Gasteiger partial charge in [0.05, 0.1) is 6.04 Å². The molecule has 0 N–H and O–H groups in total. The van der Waals surface area contributed by atoms with Crippen molar-refractivity contribution >= 4 is 5.90 Å². The third-order valence-corrected chi connectivity index (χ3v) is 5.71. The van der Waals surface area contributed by atoms with Crippen LogP contribution in [0.1, 0.15) is 76.3 Å². The highest BCUT2D eigenvalue weighted by Crippen LogP contribution is 2.36. The van der Waals surface area contributed by atoms with Gasteiger partial charge in [-0.2, -0.15) is 0 Å². The van der Waals surface area contributed by atoms with Gasteiger partial charge in [0.2, 0.25) is 5.90 Å². The number of hydrogen-bond acceptors (Lipinski definition) is 2. The van der Waals surface area contributed by atoms with Gasteiger partial charge in [0.25, 0.3) is 0 Å². The summed E-state index contributed by atoms with van der Waals surface area (Å²) in [5, 5.41) is 0. The second-order valence-electron chi connectivity index (χ2n) is 8.01. The average molecular weight is 340 g/mol. The lowest BCUT2D eigenvalue weighted by atomic mass is 9.78. The normalized spacial score (nSPS) is 26.9. The standard InChI is InChI=1S/C23H33NO/c1-4-5-6-7-18-8-10-19(11-9-18)20-12-14-21(15-13-20)23-24-22(16-25-23)17(2)3/h6-7,12-15,17-19,22H,4-5,8-11,16H2,1-3H3/b7-6+/t18-,19-,22-/m1/s1. The fourth-order valence-electron chi connectivity index (χ4n) is 3.89. The molecule has 1 fully saturated rings. The van der Waals surface area contributed by atoms with Gasteiger partial charge >= 0.3 is 0 Å². The molecular weight excluding hydrogens is 306 g/mol. The zero-order chi connectivity index (χ0) is 17.6. The Hall–Kier alpha value is -1.57. The predicted molar refractivity (Wildman–Crippen MR) is 106 cm³/mol. The number of rotatable bonds is 6. The van der Waals surface area contributed by atoms with Crippen LogP contribution in [-0.2, 0) is 4.74 Å². The third-order valence-electron chi connectivity index (χ3n) is 5.71. The van der Waals surface area contributed by atoms with E-state index in [9.17, 15) is 0 Å². The molecule has 2 aliphatic rings. The van der Waals surface area contributed by atoms with Crippen LogP contribution < -0.4 is 0 Å². The summed E-state index contributed by atoms with van der Waals surface area (Å²) in [7, 11) is 0. The fraction of sp³-hybridized carbons (Fsp3) is 0.609. The molecule has 2 heteroatoms. The van der Waals surface area contributed by atoms with Crippen molar-refractivity contribution in [3.8, 4) is 0 Å². The molecule has 0 spiro atoms. The number of aliphatic imine (C=N–C) groups is 1. The second-order valence-corrected chi connectivity index (χ2v) is 8.01. The lowest BCUT2D eigenvalue weighted by molar-refractivity contribution is 0.292. The van der Waals surface area contributed by atoms with E-state index in [1.807, 2.05) is 0 Å². The monoisotopic (exact) mass is 339 g/mol. The van der Waals surface area contributed by atoms with Crippen molar-refractivity contribution in [2.75, 3.05) is 6.61 Å². The first-order valence-electron chi connectivity index (χ1n) is 10.1. The molecule has 1 aliphatic heterocycles. The SMILES string of the molecule is CCC/C=C/[C@H]1CC[C@H](c2ccc(C3=N[C@@H](C(C)C)CO3)cc2)CC1. The molecule has 1 aromatic rings. The highest BCUT2D eigenvalue weighted by molar-refractivity contribution is 5.95. The predicted octanol–water partition coefficient (Wildman–Crippen LogP) is 6.12. The molecule has 25 heavy (non-hydrogen) atoms. The van der Waals surface area contributed by atoms with Crippen LogP contribution in [0.3, 0.4) is 0 Å². The van der Waals surface area contributed by atoms with Gasteiger partial charge in [0.15, 0.2) is 0 Å². The molecule has 136 valence electrons. The van der Waals surface area contributed by atoms with Crippen LogP contribution in [0.15, 0.2) is 41.4 Å². The first-order chi connectivity index (χ1) is 12.2. The summed E-state index contributed by atoms with van der Waals surface area (Å²) in [6, 6.07) is 9.29. The minimum Gasteiger partial charge on any atom is -0.475 e. The van der Waals surface area contributed by atoms with Crippen molar-refractivity contribution in [3.63, 3.8) is 0 Å².